The van der Waals surface area contributed by atoms with Crippen LogP contribution >= 0.6 is 0 Å². The number of amides is 1. The Morgan fingerprint density at radius 3 is 3.08 bits per heavy atom. The third kappa shape index (κ3) is 1.12. The third-order valence-electron chi connectivity index (χ3n) is 7.93. The summed E-state index contributed by atoms with van der Waals surface area (Å²) in [4.78, 5) is 15.9. The minimum atomic E-state index is -0.554. The first-order valence-electron chi connectivity index (χ1n) is 9.01. The van der Waals surface area contributed by atoms with Crippen molar-refractivity contribution in [1.82, 2.24) is 4.90 Å². The van der Waals surface area contributed by atoms with Crippen LogP contribution in [0.4, 0.5) is 5.69 Å². The number of hydrogen-bond acceptors (Lipinski definition) is 3. The Morgan fingerprint density at radius 1 is 1.42 bits per heavy atom. The van der Waals surface area contributed by atoms with Crippen molar-refractivity contribution in [2.45, 2.75) is 24.0 Å². The maximum Gasteiger partial charge on any atom is 0.238 e. The number of carbonyl (C=O) groups is 1. The summed E-state index contributed by atoms with van der Waals surface area (Å²) in [5.41, 5.74) is 1.61. The predicted octanol–water partition coefficient (Wildman–Crippen LogP) is 2.03. The van der Waals surface area contributed by atoms with Crippen LogP contribution in [0, 0.1) is 23.2 Å². The molecule has 0 aromatic heterocycles. The van der Waals surface area contributed by atoms with E-state index in [4.69, 9.17) is 4.74 Å². The number of para-hydroxylation sites is 1. The summed E-state index contributed by atoms with van der Waals surface area (Å²) >= 11 is 0. The highest BCUT2D eigenvalue weighted by molar-refractivity contribution is 6.07. The highest BCUT2D eigenvalue weighted by Crippen LogP contribution is 2.73. The third-order valence-corrected chi connectivity index (χ3v) is 7.93. The topological polar surface area (TPSA) is 41.6 Å². The van der Waals surface area contributed by atoms with Crippen LogP contribution in [0.1, 0.15) is 12.0 Å². The summed E-state index contributed by atoms with van der Waals surface area (Å²) in [6, 6.07) is 8.64. The predicted molar refractivity (Wildman–Crippen MR) is 90.6 cm³/mol. The minimum Gasteiger partial charge on any atom is -0.376 e. The van der Waals surface area contributed by atoms with E-state index in [1.54, 1.807) is 0 Å². The van der Waals surface area contributed by atoms with Crippen molar-refractivity contribution >= 4 is 11.6 Å². The van der Waals surface area contributed by atoms with Gasteiger partial charge in [-0.2, -0.15) is 0 Å². The molecule has 4 fully saturated rings. The molecule has 1 aromatic carbocycles. The van der Waals surface area contributed by atoms with E-state index in [-0.39, 0.29) is 23.3 Å². The van der Waals surface area contributed by atoms with Crippen LogP contribution in [0.3, 0.4) is 0 Å². The number of piperidine rings is 1. The Kier molecular flexibility index (Phi) is 2.24. The maximum absolute atomic E-state index is 13.4. The molecule has 3 heterocycles. The Bertz CT molecular complexity index is 792. The zero-order valence-corrected chi connectivity index (χ0v) is 13.9. The lowest BCUT2D eigenvalue weighted by molar-refractivity contribution is -0.153. The number of likely N-dealkylation sites (tertiary alicyclic amines) is 1. The number of benzene rings is 1. The first kappa shape index (κ1) is 13.6. The largest absolute Gasteiger partial charge is 0.376 e. The molecule has 2 saturated carbocycles. The average molecular weight is 322 g/mol. The molecule has 7 atom stereocenters. The van der Waals surface area contributed by atoms with Crippen molar-refractivity contribution in [1.29, 1.82) is 0 Å². The summed E-state index contributed by atoms with van der Waals surface area (Å²) < 4.78 is 6.34. The van der Waals surface area contributed by atoms with E-state index in [0.29, 0.717) is 17.9 Å². The van der Waals surface area contributed by atoms with Crippen molar-refractivity contribution in [3.05, 3.63) is 42.5 Å². The Hall–Kier alpha value is -1.65. The molecule has 4 nitrogen and oxygen atoms in total. The number of anilines is 1. The molecule has 2 saturated heterocycles. The van der Waals surface area contributed by atoms with Crippen LogP contribution in [0.25, 0.3) is 0 Å². The van der Waals surface area contributed by atoms with Gasteiger partial charge in [0.05, 0.1) is 12.7 Å². The van der Waals surface area contributed by atoms with Gasteiger partial charge in [0.2, 0.25) is 5.91 Å². The highest BCUT2D eigenvalue weighted by atomic mass is 16.5. The monoisotopic (exact) mass is 322 g/mol. The standard InChI is InChI=1S/C20H22N2O2/c1-3-19-10-22(2)16-11-9-24-15(8-13(11)19)20(17(16)19)12-6-4-5-7-14(12)21-18(20)23/h3-7,11,13,15-17H,1,8-10H2,2H3,(H,21,23)/t11-,13-,15+,16+,17-,19-,20-/m1/s1. The second-order valence-corrected chi connectivity index (χ2v) is 8.40. The number of fused-ring (bicyclic) bond motifs is 5. The first-order valence-corrected chi connectivity index (χ1v) is 9.01. The minimum absolute atomic E-state index is 0.00280. The Morgan fingerprint density at radius 2 is 2.25 bits per heavy atom. The Balaban J connectivity index is 1.69. The van der Waals surface area contributed by atoms with Gasteiger partial charge in [-0.1, -0.05) is 24.3 Å². The van der Waals surface area contributed by atoms with E-state index in [1.165, 1.54) is 0 Å². The number of nitrogens with one attached hydrogen (secondary N) is 1. The van der Waals surface area contributed by atoms with Crippen LogP contribution in [-0.2, 0) is 14.9 Å². The number of rotatable bonds is 1. The molecule has 1 amide bonds. The molecule has 6 rings (SSSR count). The lowest BCUT2D eigenvalue weighted by Gasteiger charge is -2.54. The summed E-state index contributed by atoms with van der Waals surface area (Å²) in [6.07, 6.45) is 3.17. The fourth-order valence-corrected chi connectivity index (χ4v) is 7.38. The number of ether oxygens (including phenoxy) is 1. The normalized spacial score (nSPS) is 50.4. The molecule has 1 spiro atoms. The number of nitrogens with zero attached hydrogens (tertiary/aromatic N) is 1. The van der Waals surface area contributed by atoms with E-state index < -0.39 is 5.41 Å². The van der Waals surface area contributed by atoms with Crippen LogP contribution in [0.15, 0.2) is 36.9 Å². The van der Waals surface area contributed by atoms with Gasteiger partial charge in [0.1, 0.15) is 5.41 Å². The van der Waals surface area contributed by atoms with E-state index in [2.05, 4.69) is 42.1 Å². The molecule has 3 aliphatic heterocycles. The molecule has 2 aliphatic carbocycles. The zero-order valence-electron chi connectivity index (χ0n) is 13.9. The lowest BCUT2D eigenvalue weighted by Crippen LogP contribution is -2.62. The average Bonchev–Trinajstić information content (AvgIpc) is 3.08. The summed E-state index contributed by atoms with van der Waals surface area (Å²) in [6.45, 7) is 6.06. The van der Waals surface area contributed by atoms with E-state index in [1.807, 2.05) is 12.1 Å². The number of carbonyl (C=O) groups excluding carboxylic acids is 1. The number of hydrogen-bond donors (Lipinski definition) is 1. The highest BCUT2D eigenvalue weighted by Gasteiger charge is 2.79. The quantitative estimate of drug-likeness (QED) is 0.805. The van der Waals surface area contributed by atoms with Gasteiger partial charge in [-0.15, -0.1) is 6.58 Å². The van der Waals surface area contributed by atoms with E-state index in [0.717, 1.165) is 30.8 Å². The first-order chi connectivity index (χ1) is 11.6. The second kappa shape index (κ2) is 3.94. The smallest absolute Gasteiger partial charge is 0.238 e. The van der Waals surface area contributed by atoms with E-state index >= 15 is 0 Å². The molecular formula is C20H22N2O2. The molecule has 4 heteroatoms. The van der Waals surface area contributed by atoms with Gasteiger partial charge < -0.3 is 15.0 Å². The Labute approximate surface area is 141 Å². The maximum atomic E-state index is 13.4. The summed E-state index contributed by atoms with van der Waals surface area (Å²) in [7, 11) is 2.21. The molecule has 24 heavy (non-hydrogen) atoms. The van der Waals surface area contributed by atoms with Crippen LogP contribution < -0.4 is 5.32 Å². The second-order valence-electron chi connectivity index (χ2n) is 8.40. The van der Waals surface area contributed by atoms with Crippen molar-refractivity contribution in [2.24, 2.45) is 23.2 Å². The molecule has 0 unspecified atom stereocenters. The van der Waals surface area contributed by atoms with Crippen LogP contribution in [-0.4, -0.2) is 43.2 Å². The molecule has 5 aliphatic rings. The molecule has 124 valence electrons. The van der Waals surface area contributed by atoms with Gasteiger partial charge >= 0.3 is 0 Å². The SMILES string of the molecule is C=C[C@@]12CN(C)[C@H]3[C@@H]4CO[C@@H](C[C@H]41)[C@@]1(C(=O)Nc4ccccc41)[C@H]32. The van der Waals surface area contributed by atoms with Gasteiger partial charge in [-0.3, -0.25) is 4.79 Å². The van der Waals surface area contributed by atoms with Gasteiger partial charge in [0.25, 0.3) is 0 Å². The fraction of sp³-hybridized carbons (Fsp3) is 0.550. The van der Waals surface area contributed by atoms with Crippen LogP contribution in [0.5, 0.6) is 0 Å². The molecule has 5 bridgehead atoms. The fourth-order valence-electron chi connectivity index (χ4n) is 7.38. The van der Waals surface area contributed by atoms with Crippen molar-refractivity contribution in [3.8, 4) is 0 Å². The molecule has 0 radical (unpaired) electrons. The van der Waals surface area contributed by atoms with Gasteiger partial charge in [-0.05, 0) is 31.0 Å². The summed E-state index contributed by atoms with van der Waals surface area (Å²) in [5, 5.41) is 3.18. The van der Waals surface area contributed by atoms with Gasteiger partial charge in [-0.25, -0.2) is 0 Å². The molecule has 1 aromatic rings. The van der Waals surface area contributed by atoms with Crippen LogP contribution in [0.2, 0.25) is 0 Å². The van der Waals surface area contributed by atoms with Crippen molar-refractivity contribution in [2.75, 3.05) is 25.5 Å². The molecule has 1 N–H and O–H groups in total. The van der Waals surface area contributed by atoms with Gasteiger partial charge in [0.15, 0.2) is 0 Å². The van der Waals surface area contributed by atoms with Gasteiger partial charge in [0, 0.05) is 35.5 Å². The lowest BCUT2D eigenvalue weighted by atomic mass is 9.51. The van der Waals surface area contributed by atoms with Crippen molar-refractivity contribution in [3.63, 3.8) is 0 Å². The summed E-state index contributed by atoms with van der Waals surface area (Å²) in [5.74, 6) is 1.56. The van der Waals surface area contributed by atoms with Crippen molar-refractivity contribution < 1.29 is 9.53 Å². The molecular weight excluding hydrogens is 300 g/mol. The zero-order chi connectivity index (χ0) is 16.3. The van der Waals surface area contributed by atoms with E-state index in [9.17, 15) is 4.79 Å².